The van der Waals surface area contributed by atoms with Crippen LogP contribution in [0.4, 0.5) is 0 Å². The topological polar surface area (TPSA) is 0 Å². The second-order valence-electron chi connectivity index (χ2n) is 4.69. The van der Waals surface area contributed by atoms with E-state index < -0.39 is 0 Å². The van der Waals surface area contributed by atoms with Crippen LogP contribution in [0, 0.1) is 5.92 Å². The Labute approximate surface area is 130 Å². The van der Waals surface area contributed by atoms with Gasteiger partial charge < -0.3 is 0 Å². The van der Waals surface area contributed by atoms with Gasteiger partial charge in [-0.2, -0.15) is 0 Å². The van der Waals surface area contributed by atoms with E-state index in [1.54, 1.807) is 0 Å². The Bertz CT molecular complexity index is 305. The minimum atomic E-state index is 0. The highest BCUT2D eigenvalue weighted by molar-refractivity contribution is 5.37. The molecule has 0 bridgehead atoms. The Morgan fingerprint density at radius 3 is 1.50 bits per heavy atom. The Balaban J connectivity index is -0.000000233. The van der Waals surface area contributed by atoms with Gasteiger partial charge in [0.15, 0.2) is 0 Å². The lowest BCUT2D eigenvalue weighted by Gasteiger charge is -2.11. The molecule has 120 valence electrons. The fourth-order valence-electron chi connectivity index (χ4n) is 1.49. The van der Waals surface area contributed by atoms with Gasteiger partial charge in [-0.25, -0.2) is 0 Å². The van der Waals surface area contributed by atoms with E-state index >= 15 is 0 Å². The largest absolute Gasteiger partial charge is 0.0961 e. The van der Waals surface area contributed by atoms with E-state index in [1.165, 1.54) is 16.7 Å². The monoisotopic (exact) mass is 280 g/mol. The Hall–Kier alpha value is -1.04. The van der Waals surface area contributed by atoms with Crippen LogP contribution in [0.1, 0.15) is 76.7 Å². The van der Waals surface area contributed by atoms with Crippen LogP contribution in [0.25, 0.3) is 0 Å². The average Bonchev–Trinajstić information content (AvgIpc) is 2.32. The van der Waals surface area contributed by atoms with Crippen molar-refractivity contribution in [1.82, 2.24) is 0 Å². The van der Waals surface area contributed by atoms with Gasteiger partial charge in [0, 0.05) is 0 Å². The highest BCUT2D eigenvalue weighted by Gasteiger charge is 2.04. The fourth-order valence-corrected chi connectivity index (χ4v) is 1.49. The second kappa shape index (κ2) is 18.0. The summed E-state index contributed by atoms with van der Waals surface area (Å²) < 4.78 is 0. The second-order valence-corrected chi connectivity index (χ2v) is 4.69. The standard InChI is InChI=1S/C15H24.2C2H6.CH4/c1-11(2)8-9-15(13(5)6)14(7)10-12(3)4;2*1-2;/h8-10,13H,3H2,1-2,4-7H3;2*1-2H3;1H4/b14-10-,15-9+;;;. The van der Waals surface area contributed by atoms with E-state index in [2.05, 4.69) is 59.4 Å². The van der Waals surface area contributed by atoms with Gasteiger partial charge in [0.05, 0.1) is 0 Å². The first-order valence-electron chi connectivity index (χ1n) is 7.53. The Morgan fingerprint density at radius 1 is 0.850 bits per heavy atom. The maximum Gasteiger partial charge on any atom is -0.0216 e. The minimum Gasteiger partial charge on any atom is -0.0961 e. The molecule has 0 aromatic heterocycles. The predicted octanol–water partition coefficient (Wildman–Crippen LogP) is 7.75. The van der Waals surface area contributed by atoms with Gasteiger partial charge in [-0.3, -0.25) is 0 Å². The molecule has 0 aliphatic heterocycles. The number of hydrogen-bond acceptors (Lipinski definition) is 0. The first-order valence-corrected chi connectivity index (χ1v) is 7.53. The summed E-state index contributed by atoms with van der Waals surface area (Å²) in [6.07, 6.45) is 6.53. The Morgan fingerprint density at radius 2 is 1.25 bits per heavy atom. The normalized spacial score (nSPS) is 10.3. The molecule has 20 heavy (non-hydrogen) atoms. The SMILES string of the molecule is C.C=C(C)/C=C(C)\C(=C\C=C(C)C)C(C)C.CC.CC. The summed E-state index contributed by atoms with van der Waals surface area (Å²) in [6.45, 7) is 24.8. The van der Waals surface area contributed by atoms with E-state index in [0.29, 0.717) is 5.92 Å². The summed E-state index contributed by atoms with van der Waals surface area (Å²) >= 11 is 0. The first-order chi connectivity index (χ1) is 8.84. The van der Waals surface area contributed by atoms with Crippen molar-refractivity contribution in [2.45, 2.75) is 76.7 Å². The molecule has 0 radical (unpaired) electrons. The molecule has 0 saturated heterocycles. The van der Waals surface area contributed by atoms with Crippen molar-refractivity contribution in [3.63, 3.8) is 0 Å². The molecule has 0 aliphatic carbocycles. The van der Waals surface area contributed by atoms with Crippen molar-refractivity contribution in [3.8, 4) is 0 Å². The number of allylic oxidation sites excluding steroid dienone is 7. The fraction of sp³-hybridized carbons (Fsp3) is 0.600. The van der Waals surface area contributed by atoms with E-state index in [4.69, 9.17) is 0 Å². The zero-order valence-electron chi connectivity index (χ0n) is 15.0. The van der Waals surface area contributed by atoms with E-state index in [9.17, 15) is 0 Å². The lowest BCUT2D eigenvalue weighted by molar-refractivity contribution is 0.777. The van der Waals surface area contributed by atoms with E-state index in [0.717, 1.165) is 5.57 Å². The highest BCUT2D eigenvalue weighted by atomic mass is 14.1. The van der Waals surface area contributed by atoms with Gasteiger partial charge in [0.1, 0.15) is 0 Å². The number of hydrogen-bond donors (Lipinski definition) is 0. The van der Waals surface area contributed by atoms with Crippen molar-refractivity contribution in [2.24, 2.45) is 5.92 Å². The molecule has 0 spiro atoms. The van der Waals surface area contributed by atoms with Crippen LogP contribution in [-0.2, 0) is 0 Å². The molecule has 0 saturated carbocycles. The van der Waals surface area contributed by atoms with Crippen molar-refractivity contribution >= 4 is 0 Å². The smallest absolute Gasteiger partial charge is 0.0216 e. The van der Waals surface area contributed by atoms with Crippen LogP contribution >= 0.6 is 0 Å². The van der Waals surface area contributed by atoms with Crippen molar-refractivity contribution in [2.75, 3.05) is 0 Å². The third-order valence-electron chi connectivity index (χ3n) is 2.14. The zero-order chi connectivity index (χ0) is 16.0. The third kappa shape index (κ3) is 17.0. The molecule has 0 amide bonds. The van der Waals surface area contributed by atoms with Crippen molar-refractivity contribution in [1.29, 1.82) is 0 Å². The summed E-state index contributed by atoms with van der Waals surface area (Å²) in [7, 11) is 0. The predicted molar refractivity (Wildman–Crippen MR) is 100 cm³/mol. The van der Waals surface area contributed by atoms with Crippen LogP contribution in [0.15, 0.2) is 47.1 Å². The van der Waals surface area contributed by atoms with Crippen LogP contribution in [-0.4, -0.2) is 0 Å². The van der Waals surface area contributed by atoms with Gasteiger partial charge in [-0.1, -0.05) is 84.9 Å². The molecule has 0 unspecified atom stereocenters. The quantitative estimate of drug-likeness (QED) is 0.462. The minimum absolute atomic E-state index is 0. The molecule has 0 aromatic rings. The van der Waals surface area contributed by atoms with Gasteiger partial charge in [0.25, 0.3) is 0 Å². The van der Waals surface area contributed by atoms with Crippen molar-refractivity contribution in [3.05, 3.63) is 47.1 Å². The van der Waals surface area contributed by atoms with E-state index in [1.807, 2.05) is 34.6 Å². The zero-order valence-corrected chi connectivity index (χ0v) is 15.0. The van der Waals surface area contributed by atoms with Gasteiger partial charge in [0.2, 0.25) is 0 Å². The third-order valence-corrected chi connectivity index (χ3v) is 2.14. The van der Waals surface area contributed by atoms with Crippen LogP contribution in [0.5, 0.6) is 0 Å². The lowest BCUT2D eigenvalue weighted by atomic mass is 9.94. The molecule has 0 rings (SSSR count). The average molecular weight is 281 g/mol. The van der Waals surface area contributed by atoms with Gasteiger partial charge in [-0.05, 0) is 44.8 Å². The molecule has 0 N–H and O–H groups in total. The molecule has 0 heteroatoms. The lowest BCUT2D eigenvalue weighted by Crippen LogP contribution is -1.95. The van der Waals surface area contributed by atoms with Crippen LogP contribution in [0.3, 0.4) is 0 Å². The summed E-state index contributed by atoms with van der Waals surface area (Å²) in [5.41, 5.74) is 5.14. The van der Waals surface area contributed by atoms with Crippen LogP contribution < -0.4 is 0 Å². The molecular weight excluding hydrogens is 240 g/mol. The molecule has 0 atom stereocenters. The molecule has 0 aliphatic rings. The maximum absolute atomic E-state index is 3.91. The highest BCUT2D eigenvalue weighted by Crippen LogP contribution is 2.20. The Kier molecular flexibility index (Phi) is 24.5. The summed E-state index contributed by atoms with van der Waals surface area (Å²) in [6, 6.07) is 0. The van der Waals surface area contributed by atoms with Gasteiger partial charge >= 0.3 is 0 Å². The number of rotatable bonds is 4. The van der Waals surface area contributed by atoms with Crippen molar-refractivity contribution < 1.29 is 0 Å². The molecule has 0 aromatic carbocycles. The van der Waals surface area contributed by atoms with Gasteiger partial charge in [-0.15, -0.1) is 0 Å². The molecule has 0 nitrogen and oxygen atoms in total. The summed E-state index contributed by atoms with van der Waals surface area (Å²) in [5, 5.41) is 0. The molecular formula is C20H40. The first kappa shape index (κ1) is 27.3. The maximum atomic E-state index is 3.91. The molecule has 0 fully saturated rings. The summed E-state index contributed by atoms with van der Waals surface area (Å²) in [4.78, 5) is 0. The van der Waals surface area contributed by atoms with E-state index in [-0.39, 0.29) is 7.43 Å². The summed E-state index contributed by atoms with van der Waals surface area (Å²) in [5.74, 6) is 0.552. The van der Waals surface area contributed by atoms with Crippen LogP contribution in [0.2, 0.25) is 0 Å². The molecule has 0 heterocycles.